The summed E-state index contributed by atoms with van der Waals surface area (Å²) in [6, 6.07) is -0.401. The summed E-state index contributed by atoms with van der Waals surface area (Å²) < 4.78 is 0. The van der Waals surface area contributed by atoms with Gasteiger partial charge in [-0.3, -0.25) is 14.5 Å². The third-order valence-electron chi connectivity index (χ3n) is 3.70. The van der Waals surface area contributed by atoms with Gasteiger partial charge in [0.1, 0.15) is 5.54 Å². The highest BCUT2D eigenvalue weighted by Gasteiger charge is 2.44. The van der Waals surface area contributed by atoms with Crippen LogP contribution in [0.1, 0.15) is 39.5 Å². The van der Waals surface area contributed by atoms with E-state index < -0.39 is 11.6 Å². The molecular weight excluding hydrogens is 246 g/mol. The summed E-state index contributed by atoms with van der Waals surface area (Å²) in [5, 5.41) is 2.61. The quantitative estimate of drug-likeness (QED) is 0.766. The molecule has 0 aliphatic carbocycles. The molecule has 2 aliphatic rings. The SMILES string of the molecule is CC1(C)NC(=O)N(CCC(=O)N2CCCCC2)C1=O. The van der Waals surface area contributed by atoms with E-state index in [4.69, 9.17) is 0 Å². The first-order valence-corrected chi connectivity index (χ1v) is 6.84. The van der Waals surface area contributed by atoms with Crippen LogP contribution in [0.4, 0.5) is 4.79 Å². The number of imide groups is 1. The Morgan fingerprint density at radius 2 is 1.84 bits per heavy atom. The van der Waals surface area contributed by atoms with Crippen molar-refractivity contribution < 1.29 is 14.4 Å². The Morgan fingerprint density at radius 3 is 2.37 bits per heavy atom. The lowest BCUT2D eigenvalue weighted by Crippen LogP contribution is -2.41. The Kier molecular flexibility index (Phi) is 3.78. The minimum Gasteiger partial charge on any atom is -0.343 e. The zero-order valence-corrected chi connectivity index (χ0v) is 11.6. The van der Waals surface area contributed by atoms with Crippen LogP contribution >= 0.6 is 0 Å². The first-order chi connectivity index (χ1) is 8.92. The van der Waals surface area contributed by atoms with E-state index in [9.17, 15) is 14.4 Å². The number of hydrogen-bond acceptors (Lipinski definition) is 3. The van der Waals surface area contributed by atoms with Crippen LogP contribution in [-0.2, 0) is 9.59 Å². The third-order valence-corrected chi connectivity index (χ3v) is 3.70. The topological polar surface area (TPSA) is 69.7 Å². The molecule has 0 aromatic heterocycles. The first kappa shape index (κ1) is 13.8. The van der Waals surface area contributed by atoms with Crippen LogP contribution in [0, 0.1) is 0 Å². The van der Waals surface area contributed by atoms with Crippen LogP contribution in [-0.4, -0.2) is 52.8 Å². The van der Waals surface area contributed by atoms with Crippen molar-refractivity contribution in [2.45, 2.75) is 45.1 Å². The highest BCUT2D eigenvalue weighted by Crippen LogP contribution is 2.17. The van der Waals surface area contributed by atoms with Gasteiger partial charge in [0.25, 0.3) is 5.91 Å². The van der Waals surface area contributed by atoms with E-state index in [1.165, 1.54) is 6.42 Å². The molecule has 0 radical (unpaired) electrons. The van der Waals surface area contributed by atoms with Gasteiger partial charge in [-0.15, -0.1) is 0 Å². The molecule has 2 heterocycles. The minimum absolute atomic E-state index is 0.0324. The molecule has 19 heavy (non-hydrogen) atoms. The molecule has 2 rings (SSSR count). The fraction of sp³-hybridized carbons (Fsp3) is 0.769. The lowest BCUT2D eigenvalue weighted by atomic mass is 10.1. The van der Waals surface area contributed by atoms with Crippen LogP contribution in [0.15, 0.2) is 0 Å². The number of nitrogens with one attached hydrogen (secondary N) is 1. The number of piperidine rings is 1. The summed E-state index contributed by atoms with van der Waals surface area (Å²) >= 11 is 0. The molecule has 2 aliphatic heterocycles. The smallest absolute Gasteiger partial charge is 0.325 e. The largest absolute Gasteiger partial charge is 0.343 e. The molecule has 0 spiro atoms. The summed E-state index contributed by atoms with van der Waals surface area (Å²) in [5.41, 5.74) is -0.856. The van der Waals surface area contributed by atoms with Gasteiger partial charge in [0.15, 0.2) is 0 Å². The van der Waals surface area contributed by atoms with E-state index >= 15 is 0 Å². The van der Waals surface area contributed by atoms with Gasteiger partial charge >= 0.3 is 6.03 Å². The molecule has 6 heteroatoms. The normalized spacial score (nSPS) is 22.6. The highest BCUT2D eigenvalue weighted by molar-refractivity contribution is 6.06. The first-order valence-electron chi connectivity index (χ1n) is 6.84. The predicted molar refractivity (Wildman–Crippen MR) is 69.4 cm³/mol. The molecule has 1 N–H and O–H groups in total. The maximum absolute atomic E-state index is 12.0. The Morgan fingerprint density at radius 1 is 1.21 bits per heavy atom. The molecule has 6 nitrogen and oxygen atoms in total. The standard InChI is InChI=1S/C13H21N3O3/c1-13(2)11(18)16(12(19)14-13)9-6-10(17)15-7-4-3-5-8-15/h3-9H2,1-2H3,(H,14,19). The lowest BCUT2D eigenvalue weighted by Gasteiger charge is -2.27. The van der Waals surface area contributed by atoms with Crippen molar-refractivity contribution in [3.63, 3.8) is 0 Å². The molecule has 2 fully saturated rings. The molecule has 0 atom stereocenters. The summed E-state index contributed by atoms with van der Waals surface area (Å²) in [6.07, 6.45) is 3.48. The number of carbonyl (C=O) groups is 3. The number of amides is 4. The van der Waals surface area contributed by atoms with Gasteiger partial charge in [-0.1, -0.05) is 0 Å². The zero-order chi connectivity index (χ0) is 14.0. The number of rotatable bonds is 3. The zero-order valence-electron chi connectivity index (χ0n) is 11.6. The second kappa shape index (κ2) is 5.19. The molecule has 2 saturated heterocycles. The third kappa shape index (κ3) is 2.88. The van der Waals surface area contributed by atoms with E-state index in [-0.39, 0.29) is 24.8 Å². The van der Waals surface area contributed by atoms with Gasteiger partial charge in [-0.25, -0.2) is 4.79 Å². The molecule has 4 amide bonds. The Balaban J connectivity index is 1.87. The average molecular weight is 267 g/mol. The van der Waals surface area contributed by atoms with Crippen molar-refractivity contribution in [1.82, 2.24) is 15.1 Å². The van der Waals surface area contributed by atoms with E-state index in [0.29, 0.717) is 0 Å². The van der Waals surface area contributed by atoms with Crippen molar-refractivity contribution in [3.8, 4) is 0 Å². The Bertz CT molecular complexity index is 400. The van der Waals surface area contributed by atoms with Gasteiger partial charge in [0.05, 0.1) is 0 Å². The minimum atomic E-state index is -0.856. The van der Waals surface area contributed by atoms with Crippen molar-refractivity contribution >= 4 is 17.8 Å². The average Bonchev–Trinajstić information content (AvgIpc) is 2.57. The summed E-state index contributed by atoms with van der Waals surface area (Å²) in [7, 11) is 0. The number of nitrogens with zero attached hydrogens (tertiary/aromatic N) is 2. The summed E-state index contributed by atoms with van der Waals surface area (Å²) in [6.45, 7) is 5.09. The van der Waals surface area contributed by atoms with Gasteiger partial charge in [-0.05, 0) is 33.1 Å². The Labute approximate surface area is 113 Å². The second-order valence-electron chi connectivity index (χ2n) is 5.70. The van der Waals surface area contributed by atoms with Crippen molar-refractivity contribution in [2.75, 3.05) is 19.6 Å². The van der Waals surface area contributed by atoms with Crippen molar-refractivity contribution in [3.05, 3.63) is 0 Å². The molecule has 0 bridgehead atoms. The van der Waals surface area contributed by atoms with E-state index in [2.05, 4.69) is 5.32 Å². The molecular formula is C13H21N3O3. The van der Waals surface area contributed by atoms with E-state index in [1.807, 2.05) is 4.90 Å². The number of likely N-dealkylation sites (tertiary alicyclic amines) is 1. The van der Waals surface area contributed by atoms with Crippen LogP contribution in [0.25, 0.3) is 0 Å². The van der Waals surface area contributed by atoms with Gasteiger partial charge in [-0.2, -0.15) is 0 Å². The molecule has 0 aromatic rings. The summed E-state index contributed by atoms with van der Waals surface area (Å²) in [4.78, 5) is 38.6. The van der Waals surface area contributed by atoms with Gasteiger partial charge in [0, 0.05) is 26.1 Å². The van der Waals surface area contributed by atoms with Gasteiger partial charge in [0.2, 0.25) is 5.91 Å². The predicted octanol–water partition coefficient (Wildman–Crippen LogP) is 0.719. The number of hydrogen-bond donors (Lipinski definition) is 1. The lowest BCUT2D eigenvalue weighted by molar-refractivity contribution is -0.133. The highest BCUT2D eigenvalue weighted by atomic mass is 16.2. The maximum atomic E-state index is 12.0. The summed E-state index contributed by atoms with van der Waals surface area (Å²) in [5.74, 6) is -0.228. The van der Waals surface area contributed by atoms with Crippen LogP contribution in [0.5, 0.6) is 0 Å². The maximum Gasteiger partial charge on any atom is 0.325 e. The molecule has 0 aromatic carbocycles. The van der Waals surface area contributed by atoms with E-state index in [0.717, 1.165) is 30.8 Å². The van der Waals surface area contributed by atoms with Crippen molar-refractivity contribution in [2.24, 2.45) is 0 Å². The second-order valence-corrected chi connectivity index (χ2v) is 5.70. The van der Waals surface area contributed by atoms with Crippen LogP contribution < -0.4 is 5.32 Å². The fourth-order valence-electron chi connectivity index (χ4n) is 2.53. The van der Waals surface area contributed by atoms with Crippen LogP contribution in [0.2, 0.25) is 0 Å². The van der Waals surface area contributed by atoms with Crippen LogP contribution in [0.3, 0.4) is 0 Å². The number of carbonyl (C=O) groups excluding carboxylic acids is 3. The molecule has 0 saturated carbocycles. The molecule has 106 valence electrons. The monoisotopic (exact) mass is 267 g/mol. The number of urea groups is 1. The fourth-order valence-corrected chi connectivity index (χ4v) is 2.53. The molecule has 0 unspecified atom stereocenters. The Hall–Kier alpha value is -1.59. The van der Waals surface area contributed by atoms with E-state index in [1.54, 1.807) is 13.8 Å². The van der Waals surface area contributed by atoms with Gasteiger partial charge < -0.3 is 10.2 Å². The van der Waals surface area contributed by atoms with Crippen molar-refractivity contribution in [1.29, 1.82) is 0 Å².